The fraction of sp³-hybridized carbons (Fsp3) is 0.480. The van der Waals surface area contributed by atoms with E-state index in [-0.39, 0.29) is 5.92 Å². The summed E-state index contributed by atoms with van der Waals surface area (Å²) in [5, 5.41) is 17.7. The van der Waals surface area contributed by atoms with E-state index in [1.807, 2.05) is 10.9 Å². The van der Waals surface area contributed by atoms with E-state index < -0.39 is 17.2 Å². The molecule has 35 heavy (non-hydrogen) atoms. The van der Waals surface area contributed by atoms with Crippen molar-refractivity contribution in [2.45, 2.75) is 63.0 Å². The molecule has 2 N–H and O–H groups in total. The Bertz CT molecular complexity index is 1180. The van der Waals surface area contributed by atoms with Gasteiger partial charge in [-0.15, -0.1) is 0 Å². The summed E-state index contributed by atoms with van der Waals surface area (Å²) in [6.45, 7) is 3.53. The van der Waals surface area contributed by atoms with Crippen LogP contribution in [0.1, 0.15) is 62.9 Å². The molecular formula is C25H29F2N5O3. The number of rotatable bonds is 8. The molecule has 0 bridgehead atoms. The molecule has 1 saturated carbocycles. The predicted molar refractivity (Wildman–Crippen MR) is 125 cm³/mol. The van der Waals surface area contributed by atoms with Gasteiger partial charge in [0.2, 0.25) is 0 Å². The average molecular weight is 486 g/mol. The Morgan fingerprint density at radius 3 is 2.54 bits per heavy atom. The van der Waals surface area contributed by atoms with Gasteiger partial charge in [-0.2, -0.15) is 13.9 Å². The lowest BCUT2D eigenvalue weighted by atomic mass is 9.96. The van der Waals surface area contributed by atoms with Gasteiger partial charge in [-0.05, 0) is 57.7 Å². The zero-order valence-corrected chi connectivity index (χ0v) is 19.7. The Labute approximate surface area is 202 Å². The largest absolute Gasteiger partial charge is 0.454 e. The lowest BCUT2D eigenvalue weighted by molar-refractivity contribution is -0.171. The molecule has 0 aromatic carbocycles. The Morgan fingerprint density at radius 2 is 1.83 bits per heavy atom. The van der Waals surface area contributed by atoms with E-state index in [1.54, 1.807) is 24.4 Å². The number of anilines is 2. The molecule has 2 aliphatic rings. The number of aliphatic hydroxyl groups is 1. The number of pyridine rings is 2. The molecular weight excluding hydrogens is 456 g/mol. The minimum atomic E-state index is -3.52. The van der Waals surface area contributed by atoms with Crippen molar-refractivity contribution in [1.29, 1.82) is 0 Å². The number of alkyl halides is 2. The van der Waals surface area contributed by atoms with Gasteiger partial charge in [0.25, 0.3) is 0 Å². The molecule has 8 nitrogen and oxygen atoms in total. The van der Waals surface area contributed by atoms with Crippen LogP contribution in [0, 0.1) is 0 Å². The first kappa shape index (κ1) is 23.6. The second-order valence-corrected chi connectivity index (χ2v) is 9.64. The molecule has 4 heterocycles. The van der Waals surface area contributed by atoms with Crippen LogP contribution in [0.25, 0.3) is 0 Å². The highest BCUT2D eigenvalue weighted by molar-refractivity contribution is 5.58. The molecule has 186 valence electrons. The fourth-order valence-electron chi connectivity index (χ4n) is 4.06. The second kappa shape index (κ2) is 9.16. The van der Waals surface area contributed by atoms with Gasteiger partial charge >= 0.3 is 5.92 Å². The Morgan fingerprint density at radius 1 is 1.09 bits per heavy atom. The van der Waals surface area contributed by atoms with Gasteiger partial charge < -0.3 is 19.9 Å². The molecule has 3 aromatic heterocycles. The van der Waals surface area contributed by atoms with Crippen LogP contribution in [0.4, 0.5) is 20.3 Å². The van der Waals surface area contributed by atoms with Crippen LogP contribution in [0.15, 0.2) is 42.9 Å². The first-order chi connectivity index (χ1) is 16.7. The van der Waals surface area contributed by atoms with Gasteiger partial charge in [0.15, 0.2) is 5.75 Å². The highest BCUT2D eigenvalue weighted by Crippen LogP contribution is 2.41. The Hall–Kier alpha value is -3.11. The fourth-order valence-corrected chi connectivity index (χ4v) is 4.06. The first-order valence-electron chi connectivity index (χ1n) is 11.8. The second-order valence-electron chi connectivity index (χ2n) is 9.64. The zero-order valence-electron chi connectivity index (χ0n) is 19.7. The number of hydrogen-bond acceptors (Lipinski definition) is 7. The molecule has 3 aromatic rings. The Balaban J connectivity index is 1.36. The number of hydrogen-bond donors (Lipinski definition) is 2. The molecule has 2 fully saturated rings. The minimum absolute atomic E-state index is 0.283. The number of nitrogens with zero attached hydrogens (tertiary/aromatic N) is 4. The topological polar surface area (TPSA) is 94.3 Å². The highest BCUT2D eigenvalue weighted by Gasteiger charge is 2.48. The summed E-state index contributed by atoms with van der Waals surface area (Å²) in [6.07, 6.45) is 8.87. The van der Waals surface area contributed by atoms with E-state index in [2.05, 4.69) is 15.3 Å². The van der Waals surface area contributed by atoms with E-state index in [0.29, 0.717) is 36.5 Å². The summed E-state index contributed by atoms with van der Waals surface area (Å²) in [7, 11) is 0. The molecule has 1 aliphatic carbocycles. The lowest BCUT2D eigenvalue weighted by Crippen LogP contribution is -2.40. The molecule has 0 unspecified atom stereocenters. The van der Waals surface area contributed by atoms with Crippen molar-refractivity contribution in [2.24, 2.45) is 0 Å². The third kappa shape index (κ3) is 5.13. The van der Waals surface area contributed by atoms with Crippen LogP contribution >= 0.6 is 0 Å². The van der Waals surface area contributed by atoms with Gasteiger partial charge in [0, 0.05) is 43.3 Å². The number of halogens is 2. The number of aromatic nitrogens is 4. The highest BCUT2D eigenvalue weighted by atomic mass is 19.3. The summed E-state index contributed by atoms with van der Waals surface area (Å²) in [5.41, 5.74) is -1.47. The van der Waals surface area contributed by atoms with Crippen molar-refractivity contribution in [3.8, 4) is 11.5 Å². The van der Waals surface area contributed by atoms with E-state index in [4.69, 9.17) is 14.6 Å². The van der Waals surface area contributed by atoms with E-state index >= 15 is 0 Å². The summed E-state index contributed by atoms with van der Waals surface area (Å²) in [4.78, 5) is 8.04. The molecule has 5 rings (SSSR count). The van der Waals surface area contributed by atoms with Crippen molar-refractivity contribution in [2.75, 3.05) is 18.5 Å². The van der Waals surface area contributed by atoms with Crippen molar-refractivity contribution in [3.63, 3.8) is 0 Å². The van der Waals surface area contributed by atoms with Crippen LogP contribution < -0.4 is 10.1 Å². The summed E-state index contributed by atoms with van der Waals surface area (Å²) in [5.74, 6) is -1.54. The SMILES string of the molecule is CC(C)(O)C(F)(F)c1cc(Nc2cc(Oc3cn(C4CC4)nc3C3CCOCC3)ccn2)ccn1. The van der Waals surface area contributed by atoms with Gasteiger partial charge in [-0.3, -0.25) is 9.67 Å². The van der Waals surface area contributed by atoms with Crippen molar-refractivity contribution < 1.29 is 23.4 Å². The molecule has 0 atom stereocenters. The quantitative estimate of drug-likeness (QED) is 0.447. The summed E-state index contributed by atoms with van der Waals surface area (Å²) >= 11 is 0. The predicted octanol–water partition coefficient (Wildman–Crippen LogP) is 5.30. The standard InChI is InChI=1S/C25H29F2N5O3/c1-24(2,33)25(26,27)21-13-17(5-9-28-21)30-22-14-19(6-10-29-22)35-20-15-32(18-3-4-18)31-23(20)16-7-11-34-12-8-16/h5-6,9-10,13-16,18,33H,3-4,7-8,11-12H2,1-2H3,(H,28,29,30). The van der Waals surface area contributed by atoms with Crippen molar-refractivity contribution in [3.05, 3.63) is 54.2 Å². The van der Waals surface area contributed by atoms with Gasteiger partial charge in [-0.25, -0.2) is 4.98 Å². The van der Waals surface area contributed by atoms with Gasteiger partial charge in [-0.1, -0.05) is 0 Å². The summed E-state index contributed by atoms with van der Waals surface area (Å²) in [6, 6.07) is 6.64. The summed E-state index contributed by atoms with van der Waals surface area (Å²) < 4.78 is 42.9. The Kier molecular flexibility index (Phi) is 6.18. The van der Waals surface area contributed by atoms with Crippen LogP contribution in [-0.4, -0.2) is 43.7 Å². The van der Waals surface area contributed by atoms with E-state index in [0.717, 1.165) is 51.0 Å². The zero-order chi connectivity index (χ0) is 24.6. The molecule has 1 aliphatic heterocycles. The maximum atomic E-state index is 14.6. The van der Waals surface area contributed by atoms with Crippen LogP contribution in [0.5, 0.6) is 11.5 Å². The maximum absolute atomic E-state index is 14.6. The molecule has 1 saturated heterocycles. The monoisotopic (exact) mass is 485 g/mol. The number of nitrogens with one attached hydrogen (secondary N) is 1. The van der Waals surface area contributed by atoms with E-state index in [1.165, 1.54) is 12.3 Å². The minimum Gasteiger partial charge on any atom is -0.454 e. The first-order valence-corrected chi connectivity index (χ1v) is 11.8. The third-order valence-electron chi connectivity index (χ3n) is 6.34. The molecule has 10 heteroatoms. The van der Waals surface area contributed by atoms with Gasteiger partial charge in [0.1, 0.15) is 28.6 Å². The third-order valence-corrected chi connectivity index (χ3v) is 6.34. The molecule has 0 spiro atoms. The maximum Gasteiger partial charge on any atom is 0.317 e. The molecule has 0 radical (unpaired) electrons. The van der Waals surface area contributed by atoms with Crippen molar-refractivity contribution in [1.82, 2.24) is 19.7 Å². The van der Waals surface area contributed by atoms with Gasteiger partial charge in [0.05, 0.1) is 12.2 Å². The smallest absolute Gasteiger partial charge is 0.317 e. The van der Waals surface area contributed by atoms with Crippen molar-refractivity contribution >= 4 is 11.5 Å². The van der Waals surface area contributed by atoms with Crippen LogP contribution in [0.3, 0.4) is 0 Å². The molecule has 0 amide bonds. The normalized spacial score (nSPS) is 17.4. The number of ether oxygens (including phenoxy) is 2. The van der Waals surface area contributed by atoms with Crippen LogP contribution in [-0.2, 0) is 10.7 Å². The van der Waals surface area contributed by atoms with E-state index in [9.17, 15) is 13.9 Å². The van der Waals surface area contributed by atoms with Crippen LogP contribution in [0.2, 0.25) is 0 Å². The lowest BCUT2D eigenvalue weighted by Gasteiger charge is -2.28. The average Bonchev–Trinajstić information content (AvgIpc) is 3.60.